The molecule has 162 valence electrons. The van der Waals surface area contributed by atoms with Crippen molar-refractivity contribution in [2.75, 3.05) is 20.2 Å². The number of fused-ring (bicyclic) bond motifs is 1. The van der Waals surface area contributed by atoms with E-state index in [1.165, 1.54) is 23.5 Å². The van der Waals surface area contributed by atoms with Gasteiger partial charge in [-0.2, -0.15) is 0 Å². The Morgan fingerprint density at radius 1 is 1.16 bits per heavy atom. The van der Waals surface area contributed by atoms with Crippen LogP contribution >= 0.6 is 11.3 Å². The first-order valence-electron chi connectivity index (χ1n) is 10.5. The average molecular weight is 441 g/mol. The minimum Gasteiger partial charge on any atom is -0.481 e. The van der Waals surface area contributed by atoms with Crippen LogP contribution in [0.5, 0.6) is 5.75 Å². The molecule has 1 N–H and O–H groups in total. The summed E-state index contributed by atoms with van der Waals surface area (Å²) in [5.41, 5.74) is 0.986. The molecule has 0 aliphatic carbocycles. The van der Waals surface area contributed by atoms with Crippen LogP contribution in [0.3, 0.4) is 0 Å². The third-order valence-corrected chi connectivity index (χ3v) is 6.92. The van der Waals surface area contributed by atoms with Crippen LogP contribution in [0.1, 0.15) is 34.5 Å². The van der Waals surface area contributed by atoms with Gasteiger partial charge in [0.2, 0.25) is 0 Å². The number of carbonyl (C=O) groups is 2. The molecular weight excluding hydrogens is 415 g/mol. The van der Waals surface area contributed by atoms with Crippen molar-refractivity contribution in [3.63, 3.8) is 0 Å². The first-order chi connectivity index (χ1) is 15.1. The predicted molar refractivity (Wildman–Crippen MR) is 120 cm³/mol. The van der Waals surface area contributed by atoms with Gasteiger partial charge >= 0.3 is 0 Å². The maximum atomic E-state index is 13.8. The summed E-state index contributed by atoms with van der Waals surface area (Å²) < 4.78 is 20.3. The van der Waals surface area contributed by atoms with Crippen LogP contribution in [0, 0.1) is 5.82 Å². The first-order valence-corrected chi connectivity index (χ1v) is 11.3. The third-order valence-electron chi connectivity index (χ3n) is 5.71. The van der Waals surface area contributed by atoms with E-state index in [-0.39, 0.29) is 30.2 Å². The zero-order valence-corrected chi connectivity index (χ0v) is 18.2. The van der Waals surface area contributed by atoms with Crippen molar-refractivity contribution in [1.29, 1.82) is 0 Å². The van der Waals surface area contributed by atoms with Crippen molar-refractivity contribution in [3.8, 4) is 5.75 Å². The van der Waals surface area contributed by atoms with Crippen molar-refractivity contribution < 1.29 is 18.7 Å². The van der Waals surface area contributed by atoms with Gasteiger partial charge in [0.1, 0.15) is 0 Å². The second-order valence-electron chi connectivity index (χ2n) is 7.64. The van der Waals surface area contributed by atoms with Crippen LogP contribution in [0.2, 0.25) is 0 Å². The number of ether oxygens (including phenoxy) is 1. The molecule has 1 atom stereocenters. The molecule has 0 spiro atoms. The Balaban J connectivity index is 1.55. The molecule has 3 aromatic rings. The van der Waals surface area contributed by atoms with Crippen LogP contribution in [0.4, 0.5) is 4.39 Å². The number of carbonyl (C=O) groups excluding carboxylic acids is 2. The highest BCUT2D eigenvalue weighted by Crippen LogP contribution is 2.34. The van der Waals surface area contributed by atoms with Gasteiger partial charge in [-0.05, 0) is 54.8 Å². The summed E-state index contributed by atoms with van der Waals surface area (Å²) in [4.78, 5) is 28.0. The van der Waals surface area contributed by atoms with Crippen LogP contribution in [0.15, 0.2) is 48.5 Å². The van der Waals surface area contributed by atoms with E-state index in [1.54, 1.807) is 19.2 Å². The maximum Gasteiger partial charge on any atom is 0.261 e. The Hall–Kier alpha value is -2.93. The monoisotopic (exact) mass is 440 g/mol. The molecule has 1 fully saturated rings. The fraction of sp³-hybridized carbons (Fsp3) is 0.333. The summed E-state index contributed by atoms with van der Waals surface area (Å²) >= 11 is 1.48. The van der Waals surface area contributed by atoms with E-state index in [0.717, 1.165) is 34.9 Å². The van der Waals surface area contributed by atoms with Crippen LogP contribution in [-0.2, 0) is 11.2 Å². The molecule has 1 aliphatic heterocycles. The lowest BCUT2D eigenvalue weighted by atomic mass is 9.94. The Kier molecular flexibility index (Phi) is 6.51. The fourth-order valence-electron chi connectivity index (χ4n) is 4.16. The molecule has 2 aromatic carbocycles. The summed E-state index contributed by atoms with van der Waals surface area (Å²) in [5.74, 6) is -0.664. The van der Waals surface area contributed by atoms with E-state index >= 15 is 0 Å². The highest BCUT2D eigenvalue weighted by Gasteiger charge is 2.30. The first kappa shape index (κ1) is 21.3. The Morgan fingerprint density at radius 3 is 2.74 bits per heavy atom. The van der Waals surface area contributed by atoms with Gasteiger partial charge < -0.3 is 15.0 Å². The smallest absolute Gasteiger partial charge is 0.261 e. The quantitative estimate of drug-likeness (QED) is 0.618. The lowest BCUT2D eigenvalue weighted by Gasteiger charge is -2.36. The number of benzene rings is 2. The van der Waals surface area contributed by atoms with Gasteiger partial charge in [0.25, 0.3) is 11.8 Å². The number of halogens is 1. The van der Waals surface area contributed by atoms with E-state index in [0.29, 0.717) is 17.8 Å². The molecule has 1 aliphatic rings. The fourth-order valence-corrected chi connectivity index (χ4v) is 5.34. The second-order valence-corrected chi connectivity index (χ2v) is 8.70. The molecule has 31 heavy (non-hydrogen) atoms. The van der Waals surface area contributed by atoms with Gasteiger partial charge in [-0.25, -0.2) is 4.39 Å². The lowest BCUT2D eigenvalue weighted by molar-refractivity contribution is -0.137. The van der Waals surface area contributed by atoms with Gasteiger partial charge in [0, 0.05) is 24.3 Å². The molecule has 1 aromatic heterocycles. The number of likely N-dealkylation sites (tertiary alicyclic amines) is 1. The number of piperidine rings is 1. The highest BCUT2D eigenvalue weighted by molar-refractivity contribution is 7.21. The predicted octanol–water partition coefficient (Wildman–Crippen LogP) is 4.40. The molecule has 2 amide bonds. The molecule has 7 heteroatoms. The molecule has 0 saturated carbocycles. The zero-order valence-electron chi connectivity index (χ0n) is 17.4. The average Bonchev–Trinajstić information content (AvgIpc) is 3.16. The maximum absolute atomic E-state index is 13.8. The summed E-state index contributed by atoms with van der Waals surface area (Å²) in [5, 5.41) is 3.79. The molecule has 1 saturated heterocycles. The SMILES string of the molecule is CNC(=O)c1sc2ccccc2c1CC1CCCCN1C(=O)COc1ccccc1F. The normalized spacial score (nSPS) is 16.3. The number of rotatable bonds is 6. The van der Waals surface area contributed by atoms with E-state index in [9.17, 15) is 14.0 Å². The van der Waals surface area contributed by atoms with Crippen molar-refractivity contribution >= 4 is 33.2 Å². The van der Waals surface area contributed by atoms with E-state index in [4.69, 9.17) is 4.74 Å². The number of para-hydroxylation sites is 1. The zero-order chi connectivity index (χ0) is 21.8. The Morgan fingerprint density at radius 2 is 1.94 bits per heavy atom. The van der Waals surface area contributed by atoms with Crippen LogP contribution in [0.25, 0.3) is 10.1 Å². The molecule has 5 nitrogen and oxygen atoms in total. The largest absolute Gasteiger partial charge is 0.481 e. The third kappa shape index (κ3) is 4.56. The minimum absolute atomic E-state index is 0.0214. The minimum atomic E-state index is -0.481. The lowest BCUT2D eigenvalue weighted by Crippen LogP contribution is -2.47. The standard InChI is InChI=1S/C24H25FN2O3S/c1-26-24(29)23-18(17-9-2-5-12-21(17)31-23)14-16-8-6-7-13-27(16)22(28)15-30-20-11-4-3-10-19(20)25/h2-5,9-12,16H,6-8,13-15H2,1H3,(H,26,29). The van der Waals surface area contributed by atoms with E-state index in [2.05, 4.69) is 5.32 Å². The van der Waals surface area contributed by atoms with E-state index < -0.39 is 5.82 Å². The van der Waals surface area contributed by atoms with Gasteiger partial charge in [-0.15, -0.1) is 11.3 Å². The number of nitrogens with zero attached hydrogens (tertiary/aromatic N) is 1. The van der Waals surface area contributed by atoms with Crippen molar-refractivity contribution in [2.24, 2.45) is 0 Å². The van der Waals surface area contributed by atoms with Crippen molar-refractivity contribution in [3.05, 3.63) is 64.8 Å². The molecule has 2 heterocycles. The number of hydrogen-bond donors (Lipinski definition) is 1. The number of nitrogens with one attached hydrogen (secondary N) is 1. The number of amides is 2. The van der Waals surface area contributed by atoms with Crippen LogP contribution in [-0.4, -0.2) is 43.0 Å². The van der Waals surface area contributed by atoms with Gasteiger partial charge in [0.05, 0.1) is 4.88 Å². The van der Waals surface area contributed by atoms with Gasteiger partial charge in [-0.1, -0.05) is 30.3 Å². The molecule has 0 bridgehead atoms. The highest BCUT2D eigenvalue weighted by atomic mass is 32.1. The number of hydrogen-bond acceptors (Lipinski definition) is 4. The Labute approximate surface area is 184 Å². The summed E-state index contributed by atoms with van der Waals surface area (Å²) in [7, 11) is 1.63. The molecular formula is C24H25FN2O3S. The second kappa shape index (κ2) is 9.47. The van der Waals surface area contributed by atoms with Crippen molar-refractivity contribution in [2.45, 2.75) is 31.7 Å². The van der Waals surface area contributed by atoms with Gasteiger partial charge in [-0.3, -0.25) is 9.59 Å². The summed E-state index contributed by atoms with van der Waals surface area (Å²) in [6.07, 6.45) is 3.43. The van der Waals surface area contributed by atoms with Gasteiger partial charge in [0.15, 0.2) is 18.2 Å². The van der Waals surface area contributed by atoms with Crippen molar-refractivity contribution in [1.82, 2.24) is 10.2 Å². The van der Waals surface area contributed by atoms with E-state index in [1.807, 2.05) is 29.2 Å². The molecule has 1 unspecified atom stereocenters. The topological polar surface area (TPSA) is 58.6 Å². The molecule has 4 rings (SSSR count). The summed E-state index contributed by atoms with van der Waals surface area (Å²) in [6, 6.07) is 14.0. The Bertz CT molecular complexity index is 1100. The summed E-state index contributed by atoms with van der Waals surface area (Å²) in [6.45, 7) is 0.436. The van der Waals surface area contributed by atoms with Crippen LogP contribution < -0.4 is 10.1 Å². The molecule has 0 radical (unpaired) electrons. The number of thiophene rings is 1.